The molecule has 0 amide bonds. The van der Waals surface area contributed by atoms with E-state index in [0.29, 0.717) is 5.92 Å². The third-order valence-corrected chi connectivity index (χ3v) is 3.03. The van der Waals surface area contributed by atoms with Gasteiger partial charge in [0.15, 0.2) is 0 Å². The molecule has 88 valence electrons. The first-order chi connectivity index (χ1) is 8.09. The van der Waals surface area contributed by atoms with Crippen LogP contribution in [0.3, 0.4) is 0 Å². The molecule has 0 fully saturated rings. The van der Waals surface area contributed by atoms with Gasteiger partial charge in [-0.05, 0) is 42.5 Å². The smallest absolute Gasteiger partial charge is 0.0708 e. The largest absolute Gasteiger partial charge is 0.264 e. The summed E-state index contributed by atoms with van der Waals surface area (Å²) in [5.41, 5.74) is 5.87. The summed E-state index contributed by atoms with van der Waals surface area (Å²) in [5.74, 6) is 0.524. The zero-order valence-corrected chi connectivity index (χ0v) is 10.9. The molecule has 0 aliphatic rings. The minimum atomic E-state index is 0.524. The second kappa shape index (κ2) is 4.66. The predicted molar refractivity (Wildman–Crippen MR) is 71.0 cm³/mol. The van der Waals surface area contributed by atoms with Gasteiger partial charge in [-0.2, -0.15) is 0 Å². The van der Waals surface area contributed by atoms with Crippen LogP contribution in [0, 0.1) is 13.8 Å². The summed E-state index contributed by atoms with van der Waals surface area (Å²) in [6, 6.07) is 4.26. The number of nitrogens with zero attached hydrogens (tertiary/aromatic N) is 2. The second-order valence-corrected chi connectivity index (χ2v) is 4.78. The molecule has 0 bridgehead atoms. The lowest BCUT2D eigenvalue weighted by molar-refractivity contribution is 0.858. The van der Waals surface area contributed by atoms with E-state index in [-0.39, 0.29) is 0 Å². The van der Waals surface area contributed by atoms with Gasteiger partial charge in [-0.25, -0.2) is 0 Å². The summed E-state index contributed by atoms with van der Waals surface area (Å²) >= 11 is 0. The molecule has 0 unspecified atom stereocenters. The maximum atomic E-state index is 4.56. The van der Waals surface area contributed by atoms with Crippen LogP contribution in [0.25, 0.3) is 11.3 Å². The number of rotatable bonds is 2. The Bertz CT molecular complexity index is 493. The quantitative estimate of drug-likeness (QED) is 0.776. The van der Waals surface area contributed by atoms with Crippen molar-refractivity contribution in [2.75, 3.05) is 0 Å². The molecule has 0 aliphatic carbocycles. The third kappa shape index (κ3) is 2.36. The molecular weight excluding hydrogens is 208 g/mol. The van der Waals surface area contributed by atoms with Gasteiger partial charge in [0.05, 0.1) is 5.69 Å². The molecule has 2 heteroatoms. The van der Waals surface area contributed by atoms with Crippen LogP contribution in [-0.4, -0.2) is 9.97 Å². The number of aromatic nitrogens is 2. The van der Waals surface area contributed by atoms with Crippen molar-refractivity contribution < 1.29 is 0 Å². The molecule has 2 heterocycles. The van der Waals surface area contributed by atoms with Crippen LogP contribution in [-0.2, 0) is 0 Å². The van der Waals surface area contributed by atoms with E-state index >= 15 is 0 Å². The maximum absolute atomic E-state index is 4.56. The summed E-state index contributed by atoms with van der Waals surface area (Å²) < 4.78 is 0. The predicted octanol–water partition coefficient (Wildman–Crippen LogP) is 3.88. The lowest BCUT2D eigenvalue weighted by Gasteiger charge is -2.10. The van der Waals surface area contributed by atoms with Gasteiger partial charge < -0.3 is 0 Å². The molecule has 2 aromatic rings. The highest BCUT2D eigenvalue weighted by Gasteiger charge is 2.07. The van der Waals surface area contributed by atoms with Gasteiger partial charge in [0, 0.05) is 24.2 Å². The number of hydrogen-bond donors (Lipinski definition) is 0. The van der Waals surface area contributed by atoms with Crippen molar-refractivity contribution in [2.45, 2.75) is 33.6 Å². The van der Waals surface area contributed by atoms with Crippen LogP contribution in [0.5, 0.6) is 0 Å². The monoisotopic (exact) mass is 226 g/mol. The fourth-order valence-electron chi connectivity index (χ4n) is 2.00. The van der Waals surface area contributed by atoms with Crippen LogP contribution in [0.2, 0.25) is 0 Å². The van der Waals surface area contributed by atoms with Gasteiger partial charge in [0.1, 0.15) is 0 Å². The van der Waals surface area contributed by atoms with Crippen molar-refractivity contribution >= 4 is 0 Å². The minimum absolute atomic E-state index is 0.524. The minimum Gasteiger partial charge on any atom is -0.264 e. The van der Waals surface area contributed by atoms with E-state index in [0.717, 1.165) is 5.69 Å². The Labute approximate surface area is 103 Å². The van der Waals surface area contributed by atoms with E-state index < -0.39 is 0 Å². The van der Waals surface area contributed by atoms with Crippen molar-refractivity contribution in [3.63, 3.8) is 0 Å². The highest BCUT2D eigenvalue weighted by atomic mass is 14.7. The van der Waals surface area contributed by atoms with Crippen LogP contribution in [0.15, 0.2) is 30.7 Å². The standard InChI is InChI=1S/C15H18N2/c1-10(2)13-5-6-14(17-9-13)15-11(3)7-16-8-12(15)4/h5-10H,1-4H3. The molecule has 0 radical (unpaired) electrons. The summed E-state index contributed by atoms with van der Waals surface area (Å²) in [5, 5.41) is 0. The lowest BCUT2D eigenvalue weighted by atomic mass is 10.0. The number of hydrogen-bond acceptors (Lipinski definition) is 2. The Morgan fingerprint density at radius 3 is 2.06 bits per heavy atom. The summed E-state index contributed by atoms with van der Waals surface area (Å²) in [6.07, 6.45) is 5.75. The molecule has 0 aromatic carbocycles. The first kappa shape index (κ1) is 11.8. The van der Waals surface area contributed by atoms with Crippen molar-refractivity contribution in [1.29, 1.82) is 0 Å². The summed E-state index contributed by atoms with van der Waals surface area (Å²) in [7, 11) is 0. The Kier molecular flexibility index (Phi) is 3.23. The van der Waals surface area contributed by atoms with Crippen LogP contribution in [0.1, 0.15) is 36.5 Å². The normalized spacial score (nSPS) is 10.9. The van der Waals surface area contributed by atoms with Gasteiger partial charge in [0.25, 0.3) is 0 Å². The lowest BCUT2D eigenvalue weighted by Crippen LogP contribution is -1.94. The topological polar surface area (TPSA) is 25.8 Å². The Balaban J connectivity index is 2.47. The highest BCUT2D eigenvalue weighted by molar-refractivity contribution is 5.66. The molecule has 17 heavy (non-hydrogen) atoms. The van der Waals surface area contributed by atoms with E-state index in [4.69, 9.17) is 0 Å². The van der Waals surface area contributed by atoms with Gasteiger partial charge >= 0.3 is 0 Å². The Hall–Kier alpha value is -1.70. The molecule has 2 aromatic heterocycles. The molecule has 2 nitrogen and oxygen atoms in total. The maximum Gasteiger partial charge on any atom is 0.0708 e. The fraction of sp³-hybridized carbons (Fsp3) is 0.333. The van der Waals surface area contributed by atoms with Crippen molar-refractivity contribution in [1.82, 2.24) is 9.97 Å². The highest BCUT2D eigenvalue weighted by Crippen LogP contribution is 2.25. The van der Waals surface area contributed by atoms with Crippen molar-refractivity contribution in [3.05, 3.63) is 47.4 Å². The molecular formula is C15H18N2. The molecule has 0 aliphatic heterocycles. The van der Waals surface area contributed by atoms with E-state index in [1.54, 1.807) is 0 Å². The van der Waals surface area contributed by atoms with Gasteiger partial charge in [-0.3, -0.25) is 9.97 Å². The fourth-order valence-corrected chi connectivity index (χ4v) is 2.00. The molecule has 0 atom stereocenters. The third-order valence-electron chi connectivity index (χ3n) is 3.03. The molecule has 0 N–H and O–H groups in total. The van der Waals surface area contributed by atoms with Crippen molar-refractivity contribution in [2.24, 2.45) is 0 Å². The number of pyridine rings is 2. The first-order valence-electron chi connectivity index (χ1n) is 5.97. The van der Waals surface area contributed by atoms with Crippen LogP contribution in [0.4, 0.5) is 0 Å². The first-order valence-corrected chi connectivity index (χ1v) is 5.97. The molecule has 2 rings (SSSR count). The van der Waals surface area contributed by atoms with E-state index in [1.807, 2.05) is 18.6 Å². The Morgan fingerprint density at radius 2 is 1.59 bits per heavy atom. The molecule has 0 spiro atoms. The molecule has 0 saturated carbocycles. The van der Waals surface area contributed by atoms with Crippen molar-refractivity contribution in [3.8, 4) is 11.3 Å². The SMILES string of the molecule is Cc1cncc(C)c1-c1ccc(C(C)C)cn1. The summed E-state index contributed by atoms with van der Waals surface area (Å²) in [6.45, 7) is 8.51. The average Bonchev–Trinajstić information content (AvgIpc) is 2.29. The van der Waals surface area contributed by atoms with Crippen LogP contribution >= 0.6 is 0 Å². The van der Waals surface area contributed by atoms with E-state index in [9.17, 15) is 0 Å². The van der Waals surface area contributed by atoms with Gasteiger partial charge in [-0.15, -0.1) is 0 Å². The zero-order chi connectivity index (χ0) is 12.4. The Morgan fingerprint density at radius 1 is 0.941 bits per heavy atom. The zero-order valence-electron chi connectivity index (χ0n) is 10.9. The van der Waals surface area contributed by atoms with E-state index in [1.165, 1.54) is 22.3 Å². The van der Waals surface area contributed by atoms with Gasteiger partial charge in [-0.1, -0.05) is 19.9 Å². The second-order valence-electron chi connectivity index (χ2n) is 4.78. The number of aryl methyl sites for hydroxylation is 2. The van der Waals surface area contributed by atoms with Gasteiger partial charge in [0.2, 0.25) is 0 Å². The summed E-state index contributed by atoms with van der Waals surface area (Å²) in [4.78, 5) is 8.75. The molecule has 0 saturated heterocycles. The average molecular weight is 226 g/mol. The van der Waals surface area contributed by atoms with E-state index in [2.05, 4.69) is 49.8 Å². The van der Waals surface area contributed by atoms with Crippen LogP contribution < -0.4 is 0 Å².